The molecule has 1 aromatic rings. The number of hydrogen-bond donors (Lipinski definition) is 1. The van der Waals surface area contributed by atoms with E-state index in [1.165, 1.54) is 6.08 Å². The van der Waals surface area contributed by atoms with Crippen LogP contribution in [0.3, 0.4) is 0 Å². The van der Waals surface area contributed by atoms with Gasteiger partial charge in [-0.2, -0.15) is 0 Å². The van der Waals surface area contributed by atoms with Gasteiger partial charge in [0.2, 0.25) is 0 Å². The van der Waals surface area contributed by atoms with Crippen LogP contribution in [0.25, 0.3) is 6.08 Å². The minimum atomic E-state index is -1.11. The number of furan rings is 1. The molecule has 0 atom stereocenters. The van der Waals surface area contributed by atoms with Gasteiger partial charge in [0.15, 0.2) is 4.67 Å². The number of ether oxygens (including phenoxy) is 1. The van der Waals surface area contributed by atoms with E-state index in [1.54, 1.807) is 13.0 Å². The van der Waals surface area contributed by atoms with Gasteiger partial charge in [-0.25, -0.2) is 4.79 Å². The minimum absolute atomic E-state index is 0.0260. The van der Waals surface area contributed by atoms with Gasteiger partial charge in [0.25, 0.3) is 0 Å². The predicted molar refractivity (Wildman–Crippen MR) is 71.0 cm³/mol. The van der Waals surface area contributed by atoms with Crippen LogP contribution in [0.5, 0.6) is 0 Å². The molecule has 98 valence electrons. The molecule has 1 rings (SSSR count). The topological polar surface area (TPSA) is 76.7 Å². The van der Waals surface area contributed by atoms with E-state index in [2.05, 4.69) is 31.9 Å². The third-order valence-electron chi connectivity index (χ3n) is 1.86. The van der Waals surface area contributed by atoms with E-state index in [1.807, 2.05) is 0 Å². The summed E-state index contributed by atoms with van der Waals surface area (Å²) < 4.78 is 11.2. The first kappa shape index (κ1) is 15.0. The van der Waals surface area contributed by atoms with Crippen molar-refractivity contribution in [3.8, 4) is 0 Å². The molecule has 0 spiro atoms. The average Bonchev–Trinajstić information content (AvgIpc) is 2.57. The molecular weight excluding hydrogens is 372 g/mol. The Bertz CT molecular complexity index is 470. The maximum Gasteiger partial charge on any atom is 0.334 e. The second kappa shape index (κ2) is 6.75. The van der Waals surface area contributed by atoms with Crippen molar-refractivity contribution in [3.05, 3.63) is 26.5 Å². The van der Waals surface area contributed by atoms with Crippen molar-refractivity contribution in [1.29, 1.82) is 0 Å². The van der Waals surface area contributed by atoms with Gasteiger partial charge in [-0.05, 0) is 50.9 Å². The zero-order valence-electron chi connectivity index (χ0n) is 9.41. The van der Waals surface area contributed by atoms with Crippen LogP contribution in [0.4, 0.5) is 0 Å². The normalized spacial score (nSPS) is 11.4. The van der Waals surface area contributed by atoms with Gasteiger partial charge in [-0.3, -0.25) is 4.79 Å². The van der Waals surface area contributed by atoms with Crippen molar-refractivity contribution >= 4 is 49.9 Å². The molecule has 0 saturated carbocycles. The summed E-state index contributed by atoms with van der Waals surface area (Å²) in [5.41, 5.74) is 0.0260. The van der Waals surface area contributed by atoms with E-state index >= 15 is 0 Å². The number of carbonyl (C=O) groups is 2. The smallest absolute Gasteiger partial charge is 0.334 e. The summed E-state index contributed by atoms with van der Waals surface area (Å²) in [7, 11) is 0. The number of aliphatic carboxylic acids is 1. The molecule has 0 bridgehead atoms. The van der Waals surface area contributed by atoms with Crippen molar-refractivity contribution in [1.82, 2.24) is 0 Å². The van der Waals surface area contributed by atoms with E-state index in [0.717, 1.165) is 0 Å². The van der Waals surface area contributed by atoms with Gasteiger partial charge in [0, 0.05) is 0 Å². The van der Waals surface area contributed by atoms with E-state index in [4.69, 9.17) is 14.3 Å². The highest BCUT2D eigenvalue weighted by atomic mass is 79.9. The zero-order chi connectivity index (χ0) is 13.7. The number of carbonyl (C=O) groups excluding carboxylic acids is 1. The van der Waals surface area contributed by atoms with Crippen LogP contribution in [0, 0.1) is 0 Å². The van der Waals surface area contributed by atoms with Gasteiger partial charge in [-0.1, -0.05) is 0 Å². The SMILES string of the molecule is CCOC(=O)/C(=C/c1cc(Br)c(Br)o1)CC(=O)O. The van der Waals surface area contributed by atoms with Crippen molar-refractivity contribution in [2.24, 2.45) is 0 Å². The lowest BCUT2D eigenvalue weighted by Crippen LogP contribution is -2.11. The highest BCUT2D eigenvalue weighted by Gasteiger charge is 2.16. The standard InChI is InChI=1S/C11H10Br2O5/c1-2-17-11(16)6(4-9(14)15)3-7-5-8(12)10(13)18-7/h3,5H,2,4H2,1H3,(H,14,15)/b6-3+. The monoisotopic (exact) mass is 380 g/mol. The van der Waals surface area contributed by atoms with Crippen LogP contribution >= 0.6 is 31.9 Å². The Hall–Kier alpha value is -1.08. The fourth-order valence-electron chi connectivity index (χ4n) is 1.18. The fraction of sp³-hybridized carbons (Fsp3) is 0.273. The third kappa shape index (κ3) is 4.30. The Morgan fingerprint density at radius 2 is 2.17 bits per heavy atom. The first-order valence-corrected chi connectivity index (χ1v) is 6.57. The Morgan fingerprint density at radius 3 is 2.61 bits per heavy atom. The summed E-state index contributed by atoms with van der Waals surface area (Å²) >= 11 is 6.37. The molecule has 0 amide bonds. The molecule has 0 fully saturated rings. The summed E-state index contributed by atoms with van der Waals surface area (Å²) in [4.78, 5) is 22.2. The lowest BCUT2D eigenvalue weighted by atomic mass is 10.1. The summed E-state index contributed by atoms with van der Waals surface area (Å²) in [5.74, 6) is -1.42. The Morgan fingerprint density at radius 1 is 1.50 bits per heavy atom. The molecule has 0 unspecified atom stereocenters. The number of halogens is 2. The Labute approximate surface area is 120 Å². The van der Waals surface area contributed by atoms with E-state index in [9.17, 15) is 9.59 Å². The molecule has 0 radical (unpaired) electrons. The van der Waals surface area contributed by atoms with Crippen LogP contribution in [0.2, 0.25) is 0 Å². The van der Waals surface area contributed by atoms with Gasteiger partial charge < -0.3 is 14.3 Å². The largest absolute Gasteiger partial charge is 0.481 e. The fourth-order valence-corrected chi connectivity index (χ4v) is 1.78. The predicted octanol–water partition coefficient (Wildman–Crippen LogP) is 3.23. The molecule has 5 nitrogen and oxygen atoms in total. The molecule has 0 aromatic carbocycles. The lowest BCUT2D eigenvalue weighted by molar-refractivity contribution is -0.142. The van der Waals surface area contributed by atoms with E-state index < -0.39 is 18.4 Å². The summed E-state index contributed by atoms with van der Waals surface area (Å²) in [6.07, 6.45) is 0.927. The van der Waals surface area contributed by atoms with E-state index in [-0.39, 0.29) is 12.2 Å². The second-order valence-electron chi connectivity index (χ2n) is 3.23. The third-order valence-corrected chi connectivity index (χ3v) is 3.57. The zero-order valence-corrected chi connectivity index (χ0v) is 12.6. The van der Waals surface area contributed by atoms with Crippen LogP contribution in [-0.2, 0) is 14.3 Å². The number of carboxylic acids is 1. The molecule has 0 aliphatic rings. The van der Waals surface area contributed by atoms with Crippen LogP contribution in [0.15, 0.2) is 25.2 Å². The number of rotatable bonds is 5. The first-order chi connectivity index (χ1) is 8.43. The number of carboxylic acid groups (broad SMARTS) is 1. The summed E-state index contributed by atoms with van der Waals surface area (Å²) in [5, 5.41) is 8.74. The molecule has 1 heterocycles. The van der Waals surface area contributed by atoms with Crippen molar-refractivity contribution < 1.29 is 23.8 Å². The van der Waals surface area contributed by atoms with Crippen LogP contribution < -0.4 is 0 Å². The molecule has 0 aliphatic carbocycles. The summed E-state index contributed by atoms with van der Waals surface area (Å²) in [6, 6.07) is 1.62. The molecule has 18 heavy (non-hydrogen) atoms. The number of hydrogen-bond acceptors (Lipinski definition) is 4. The van der Waals surface area contributed by atoms with Gasteiger partial charge >= 0.3 is 11.9 Å². The maximum atomic E-state index is 11.6. The highest BCUT2D eigenvalue weighted by Crippen LogP contribution is 2.28. The van der Waals surface area contributed by atoms with Gasteiger partial charge in [-0.15, -0.1) is 0 Å². The molecular formula is C11H10Br2O5. The molecule has 0 saturated heterocycles. The molecule has 1 N–H and O–H groups in total. The molecule has 1 aromatic heterocycles. The van der Waals surface area contributed by atoms with Crippen molar-refractivity contribution in [2.75, 3.05) is 6.61 Å². The molecule has 7 heteroatoms. The number of esters is 1. The van der Waals surface area contributed by atoms with Crippen LogP contribution in [0.1, 0.15) is 19.1 Å². The Balaban J connectivity index is 3.01. The van der Waals surface area contributed by atoms with E-state index in [0.29, 0.717) is 14.9 Å². The molecule has 0 aliphatic heterocycles. The van der Waals surface area contributed by atoms with Crippen molar-refractivity contribution in [2.45, 2.75) is 13.3 Å². The van der Waals surface area contributed by atoms with Crippen molar-refractivity contribution in [3.63, 3.8) is 0 Å². The highest BCUT2D eigenvalue weighted by molar-refractivity contribution is 9.13. The van der Waals surface area contributed by atoms with Gasteiger partial charge in [0.05, 0.1) is 23.1 Å². The first-order valence-electron chi connectivity index (χ1n) is 4.98. The summed E-state index contributed by atoms with van der Waals surface area (Å²) in [6.45, 7) is 1.83. The van der Waals surface area contributed by atoms with Crippen LogP contribution in [-0.4, -0.2) is 23.7 Å². The minimum Gasteiger partial charge on any atom is -0.481 e. The second-order valence-corrected chi connectivity index (χ2v) is 4.81. The average molecular weight is 382 g/mol. The van der Waals surface area contributed by atoms with Gasteiger partial charge in [0.1, 0.15) is 5.76 Å². The maximum absolute atomic E-state index is 11.6. The quantitative estimate of drug-likeness (QED) is 0.625. The Kier molecular flexibility index (Phi) is 5.61. The lowest BCUT2D eigenvalue weighted by Gasteiger charge is -2.03.